The van der Waals surface area contributed by atoms with Crippen molar-refractivity contribution in [3.8, 4) is 0 Å². The zero-order valence-corrected chi connectivity index (χ0v) is 12.7. The quantitative estimate of drug-likeness (QED) is 0.546. The van der Waals surface area contributed by atoms with Crippen LogP contribution >= 0.6 is 11.8 Å². The first-order chi connectivity index (χ1) is 10.4. The molecule has 0 saturated carbocycles. The minimum absolute atomic E-state index is 0.00675. The SMILES string of the molecule is Cc1ccc(C(=O)O)cc1NC(=O)CSc1c(=O)o[nH][n+]1C. The Balaban J connectivity index is 2.05. The van der Waals surface area contributed by atoms with E-state index in [4.69, 9.17) is 5.11 Å². The van der Waals surface area contributed by atoms with Crippen molar-refractivity contribution in [1.82, 2.24) is 5.27 Å². The van der Waals surface area contributed by atoms with E-state index in [9.17, 15) is 14.4 Å². The number of carbonyl (C=O) groups excluding carboxylic acids is 1. The molecule has 8 nitrogen and oxygen atoms in total. The Hall–Kier alpha value is -2.55. The molecule has 0 bridgehead atoms. The summed E-state index contributed by atoms with van der Waals surface area (Å²) < 4.78 is 5.94. The van der Waals surface area contributed by atoms with Gasteiger partial charge in [-0.05, 0) is 41.7 Å². The Labute approximate surface area is 129 Å². The van der Waals surface area contributed by atoms with Gasteiger partial charge >= 0.3 is 16.6 Å². The monoisotopic (exact) mass is 324 g/mol. The number of thioether (sulfide) groups is 1. The van der Waals surface area contributed by atoms with Gasteiger partial charge in [-0.25, -0.2) is 9.59 Å². The van der Waals surface area contributed by atoms with Crippen molar-refractivity contribution in [1.29, 1.82) is 0 Å². The van der Waals surface area contributed by atoms with E-state index in [0.717, 1.165) is 17.3 Å². The van der Waals surface area contributed by atoms with Crippen molar-refractivity contribution in [2.24, 2.45) is 7.05 Å². The fourth-order valence-electron chi connectivity index (χ4n) is 1.70. The Kier molecular flexibility index (Phi) is 4.66. The van der Waals surface area contributed by atoms with Gasteiger partial charge in [0.15, 0.2) is 7.05 Å². The molecule has 1 aromatic heterocycles. The lowest BCUT2D eigenvalue weighted by atomic mass is 10.1. The number of aromatic nitrogens is 2. The zero-order valence-electron chi connectivity index (χ0n) is 11.9. The summed E-state index contributed by atoms with van der Waals surface area (Å²) in [5.74, 6) is -1.43. The molecule has 2 aromatic rings. The molecule has 0 aliphatic heterocycles. The van der Waals surface area contributed by atoms with E-state index in [1.807, 2.05) is 0 Å². The highest BCUT2D eigenvalue weighted by Gasteiger charge is 2.19. The summed E-state index contributed by atoms with van der Waals surface area (Å²) in [6.45, 7) is 1.76. The number of anilines is 1. The first-order valence-corrected chi connectivity index (χ1v) is 7.21. The summed E-state index contributed by atoms with van der Waals surface area (Å²) in [5.41, 5.74) is 0.710. The molecule has 1 amide bonds. The molecule has 0 aliphatic rings. The smallest absolute Gasteiger partial charge is 0.441 e. The molecule has 1 aromatic carbocycles. The number of nitrogens with one attached hydrogen (secondary N) is 2. The van der Waals surface area contributed by atoms with E-state index in [0.29, 0.717) is 5.69 Å². The minimum Gasteiger partial charge on any atom is -0.478 e. The Bertz CT molecular complexity index is 780. The Morgan fingerprint density at radius 2 is 2.18 bits per heavy atom. The molecule has 0 spiro atoms. The number of carbonyl (C=O) groups is 2. The number of hydrogen-bond donors (Lipinski definition) is 3. The van der Waals surface area contributed by atoms with Gasteiger partial charge in [0.2, 0.25) is 5.91 Å². The number of hydrogen-bond acceptors (Lipinski definition) is 5. The Morgan fingerprint density at radius 1 is 1.45 bits per heavy atom. The van der Waals surface area contributed by atoms with Gasteiger partial charge in [-0.15, -0.1) is 0 Å². The number of benzene rings is 1. The highest BCUT2D eigenvalue weighted by atomic mass is 32.2. The number of amides is 1. The van der Waals surface area contributed by atoms with E-state index in [2.05, 4.69) is 15.1 Å². The number of aryl methyl sites for hydroxylation is 2. The molecule has 2 rings (SSSR count). The maximum atomic E-state index is 11.9. The average Bonchev–Trinajstić information content (AvgIpc) is 2.78. The van der Waals surface area contributed by atoms with E-state index >= 15 is 0 Å². The molecular formula is C13H14N3O5S+. The van der Waals surface area contributed by atoms with Gasteiger partial charge in [-0.1, -0.05) is 10.7 Å². The lowest BCUT2D eigenvalue weighted by Crippen LogP contribution is -2.34. The molecular weight excluding hydrogens is 310 g/mol. The molecule has 0 fully saturated rings. The van der Waals surface area contributed by atoms with Crippen LogP contribution in [0.15, 0.2) is 32.5 Å². The average molecular weight is 324 g/mol. The molecule has 0 unspecified atom stereocenters. The maximum Gasteiger partial charge on any atom is 0.441 e. The van der Waals surface area contributed by atoms with Crippen LogP contribution in [-0.4, -0.2) is 28.0 Å². The predicted molar refractivity (Wildman–Crippen MR) is 78.0 cm³/mol. The van der Waals surface area contributed by atoms with Crippen LogP contribution in [-0.2, 0) is 11.8 Å². The molecule has 9 heteroatoms. The van der Waals surface area contributed by atoms with Crippen molar-refractivity contribution >= 4 is 29.3 Å². The fraction of sp³-hybridized carbons (Fsp3) is 0.231. The lowest BCUT2D eigenvalue weighted by Gasteiger charge is -2.08. The van der Waals surface area contributed by atoms with E-state index in [1.54, 1.807) is 20.0 Å². The largest absolute Gasteiger partial charge is 0.478 e. The van der Waals surface area contributed by atoms with Gasteiger partial charge in [0.1, 0.15) is 0 Å². The molecule has 22 heavy (non-hydrogen) atoms. The fourth-order valence-corrected chi connectivity index (χ4v) is 2.43. The topological polar surface area (TPSA) is 116 Å². The van der Waals surface area contributed by atoms with E-state index in [-0.39, 0.29) is 22.2 Å². The van der Waals surface area contributed by atoms with Gasteiger partial charge in [0.25, 0.3) is 0 Å². The molecule has 1 heterocycles. The van der Waals surface area contributed by atoms with Crippen LogP contribution in [0.2, 0.25) is 0 Å². The second-order valence-electron chi connectivity index (χ2n) is 4.52. The molecule has 0 atom stereocenters. The first-order valence-electron chi connectivity index (χ1n) is 6.22. The number of carboxylic acids is 1. The van der Waals surface area contributed by atoms with Crippen molar-refractivity contribution in [2.75, 3.05) is 11.1 Å². The van der Waals surface area contributed by atoms with Crippen molar-refractivity contribution in [2.45, 2.75) is 11.9 Å². The summed E-state index contributed by atoms with van der Waals surface area (Å²) in [4.78, 5) is 34.2. The van der Waals surface area contributed by atoms with Crippen LogP contribution in [0, 0.1) is 6.92 Å². The molecule has 3 N–H and O–H groups in total. The second kappa shape index (κ2) is 6.48. The van der Waals surface area contributed by atoms with Crippen LogP contribution < -0.4 is 15.6 Å². The highest BCUT2D eigenvalue weighted by Crippen LogP contribution is 2.18. The van der Waals surface area contributed by atoms with E-state index < -0.39 is 11.6 Å². The first kappa shape index (κ1) is 15.8. The van der Waals surface area contributed by atoms with Crippen molar-refractivity contribution < 1.29 is 23.9 Å². The number of H-pyrrole nitrogens is 1. The normalized spacial score (nSPS) is 10.5. The predicted octanol–water partition coefficient (Wildman–Crippen LogP) is 0.530. The van der Waals surface area contributed by atoms with Gasteiger partial charge in [-0.2, -0.15) is 0 Å². The lowest BCUT2D eigenvalue weighted by molar-refractivity contribution is -0.772. The van der Waals surface area contributed by atoms with Crippen LogP contribution in [0.5, 0.6) is 0 Å². The Morgan fingerprint density at radius 3 is 2.77 bits per heavy atom. The third-order valence-corrected chi connectivity index (χ3v) is 3.97. The molecule has 0 radical (unpaired) electrons. The number of carboxylic acid groups (broad SMARTS) is 1. The van der Waals surface area contributed by atoms with Gasteiger partial charge in [0.05, 0.1) is 11.3 Å². The molecule has 0 aliphatic carbocycles. The third kappa shape index (κ3) is 3.55. The van der Waals surface area contributed by atoms with Crippen LogP contribution in [0.1, 0.15) is 15.9 Å². The van der Waals surface area contributed by atoms with Gasteiger partial charge in [0, 0.05) is 5.69 Å². The summed E-state index contributed by atoms with van der Waals surface area (Å²) in [7, 11) is 1.59. The van der Waals surface area contributed by atoms with Gasteiger partial charge < -0.3 is 10.4 Å². The number of aromatic carboxylic acids is 1. The standard InChI is InChI=1S/C13H13N3O5S/c1-7-3-4-8(12(18)19)5-9(7)14-10(17)6-22-11-13(20)21-15-16(11)2/h3-5H,6H2,1-2H3,(H2-,14,15,17,18,19,20)/p+1. The molecule has 116 valence electrons. The van der Waals surface area contributed by atoms with Gasteiger partial charge in [-0.3, -0.25) is 9.32 Å². The highest BCUT2D eigenvalue weighted by molar-refractivity contribution is 7.99. The number of nitrogens with zero attached hydrogens (tertiary/aromatic N) is 1. The van der Waals surface area contributed by atoms with Crippen LogP contribution in [0.25, 0.3) is 0 Å². The number of aromatic amines is 1. The number of rotatable bonds is 5. The summed E-state index contributed by atoms with van der Waals surface area (Å²) in [6.07, 6.45) is 0. The van der Waals surface area contributed by atoms with Crippen LogP contribution in [0.4, 0.5) is 5.69 Å². The van der Waals surface area contributed by atoms with Crippen molar-refractivity contribution in [3.05, 3.63) is 39.7 Å². The third-order valence-electron chi connectivity index (χ3n) is 2.85. The molecule has 0 saturated heterocycles. The summed E-state index contributed by atoms with van der Waals surface area (Å²) >= 11 is 1.02. The maximum absolute atomic E-state index is 11.9. The van der Waals surface area contributed by atoms with Crippen molar-refractivity contribution in [3.63, 3.8) is 0 Å². The summed E-state index contributed by atoms with van der Waals surface area (Å²) in [5, 5.41) is 14.2. The second-order valence-corrected chi connectivity index (χ2v) is 5.48. The minimum atomic E-state index is -1.07. The van der Waals surface area contributed by atoms with Crippen LogP contribution in [0.3, 0.4) is 0 Å². The zero-order chi connectivity index (χ0) is 16.3. The van der Waals surface area contributed by atoms with E-state index in [1.165, 1.54) is 16.8 Å². The summed E-state index contributed by atoms with van der Waals surface area (Å²) in [6, 6.07) is 4.48.